The lowest BCUT2D eigenvalue weighted by Gasteiger charge is -2.18. The van der Waals surface area contributed by atoms with Crippen LogP contribution in [-0.4, -0.2) is 44.0 Å². The maximum atomic E-state index is 11.7. The molecule has 3 aromatic carbocycles. The van der Waals surface area contributed by atoms with Gasteiger partial charge in [-0.2, -0.15) is 21.4 Å². The van der Waals surface area contributed by atoms with E-state index in [1.54, 1.807) is 16.2 Å². The van der Waals surface area contributed by atoms with E-state index in [4.69, 9.17) is 20.9 Å². The minimum atomic E-state index is -4.24. The van der Waals surface area contributed by atoms with Crippen LogP contribution >= 0.6 is 22.9 Å². The largest absolute Gasteiger partial charge is 0.439 e. The van der Waals surface area contributed by atoms with E-state index >= 15 is 0 Å². The minimum absolute atomic E-state index is 0.0126. The second-order valence-electron chi connectivity index (χ2n) is 10.8. The molecule has 0 amide bonds. The molecule has 2 heterocycles. The number of aromatic nitrogens is 1. The van der Waals surface area contributed by atoms with Gasteiger partial charge < -0.3 is 9.64 Å². The average molecular weight is 690 g/mol. The van der Waals surface area contributed by atoms with Gasteiger partial charge in [-0.1, -0.05) is 66.3 Å². The molecular formula is C32H34ClN2O7S3+. The van der Waals surface area contributed by atoms with Crippen molar-refractivity contribution in [3.63, 3.8) is 0 Å². The molecule has 0 atom stereocenters. The van der Waals surface area contributed by atoms with E-state index in [-0.39, 0.29) is 12.3 Å². The molecule has 0 radical (unpaired) electrons. The summed E-state index contributed by atoms with van der Waals surface area (Å²) in [4.78, 5) is 1.76. The molecule has 9 nitrogen and oxygen atoms in total. The molecule has 1 aliphatic rings. The predicted octanol–water partition coefficient (Wildman–Crippen LogP) is 6.91. The number of unbranched alkanes of at least 4 members (excludes halogenated alkanes) is 1. The van der Waals surface area contributed by atoms with E-state index < -0.39 is 26.0 Å². The van der Waals surface area contributed by atoms with E-state index in [2.05, 4.69) is 4.57 Å². The van der Waals surface area contributed by atoms with Crippen LogP contribution in [0.4, 0.5) is 5.69 Å². The summed E-state index contributed by atoms with van der Waals surface area (Å²) in [5.41, 5.74) is 5.41. The number of benzene rings is 3. The minimum Gasteiger partial charge on any atom is -0.439 e. The quantitative estimate of drug-likeness (QED) is 0.0935. The second-order valence-corrected chi connectivity index (χ2v) is 15.4. The Kier molecular flexibility index (Phi) is 10.0. The van der Waals surface area contributed by atoms with Crippen LogP contribution in [0.3, 0.4) is 0 Å². The standard InChI is InChI=1S/C32H33ClN2O7S3/c1-3-23(19-32-35(13-7-8-15-44(36,37)38)28-21-26(33)22(2)17-30(28)43-32)18-31-34(14-16-45(39,40)41)27-20-25(11-12-29(27)42-31)24-9-5-4-6-10-24/h4-6,9-12,17-21H,3,7-8,13-16H2,1-2H3,(H-,36,37,38,39,40,41)/p+1. The number of anilines is 1. The van der Waals surface area contributed by atoms with Gasteiger partial charge in [0.2, 0.25) is 11.4 Å². The summed E-state index contributed by atoms with van der Waals surface area (Å²) in [5, 5.41) is 1.54. The molecule has 1 aliphatic heterocycles. The number of halogens is 1. The molecule has 0 saturated heterocycles. The highest BCUT2D eigenvalue weighted by Gasteiger charge is 2.29. The maximum Gasteiger partial charge on any atom is 0.266 e. The van der Waals surface area contributed by atoms with Crippen molar-refractivity contribution in [2.45, 2.75) is 39.7 Å². The van der Waals surface area contributed by atoms with E-state index in [9.17, 15) is 21.4 Å². The third-order valence-corrected chi connectivity index (χ3v) is 10.5. The first-order valence-electron chi connectivity index (χ1n) is 14.4. The fourth-order valence-corrected chi connectivity index (χ4v) is 7.52. The van der Waals surface area contributed by atoms with Crippen molar-refractivity contribution in [3.8, 4) is 16.9 Å². The number of hydrogen-bond acceptors (Lipinski definition) is 7. The zero-order valence-electron chi connectivity index (χ0n) is 24.8. The lowest BCUT2D eigenvalue weighted by Crippen LogP contribution is -2.35. The lowest BCUT2D eigenvalue weighted by atomic mass is 10.0. The number of hydrogen-bond donors (Lipinski definition) is 2. The number of thiazole rings is 1. The zero-order valence-corrected chi connectivity index (χ0v) is 28.0. The van der Waals surface area contributed by atoms with Gasteiger partial charge in [0.25, 0.3) is 25.2 Å². The van der Waals surface area contributed by atoms with Gasteiger partial charge in [0.05, 0.1) is 22.2 Å². The van der Waals surface area contributed by atoms with Crippen LogP contribution in [-0.2, 0) is 26.8 Å². The van der Waals surface area contributed by atoms with Crippen LogP contribution in [0, 0.1) is 6.92 Å². The Labute approximate surface area is 272 Å². The number of ether oxygens (including phenoxy) is 1. The summed E-state index contributed by atoms with van der Waals surface area (Å²) >= 11 is 8.06. The van der Waals surface area contributed by atoms with Gasteiger partial charge >= 0.3 is 0 Å². The van der Waals surface area contributed by atoms with Crippen LogP contribution in [0.15, 0.2) is 78.2 Å². The number of fused-ring (bicyclic) bond motifs is 2. The topological polar surface area (TPSA) is 125 Å². The SMILES string of the molecule is CCC(=C/c1sc2cc(C)c(Cl)cc2[n+]1CCCCS(=O)(=O)O)/C=C1\Oc2ccc(-c3ccccc3)cc2N1CCS(=O)(=O)O. The fraction of sp³-hybridized carbons (Fsp3) is 0.281. The Morgan fingerprint density at radius 2 is 1.71 bits per heavy atom. The third kappa shape index (κ3) is 8.32. The summed E-state index contributed by atoms with van der Waals surface area (Å²) < 4.78 is 74.1. The van der Waals surface area contributed by atoms with Gasteiger partial charge in [0, 0.05) is 31.2 Å². The van der Waals surface area contributed by atoms with Gasteiger partial charge in [0.1, 0.15) is 4.70 Å². The van der Waals surface area contributed by atoms with Crippen molar-refractivity contribution in [1.82, 2.24) is 0 Å². The highest BCUT2D eigenvalue weighted by molar-refractivity contribution is 7.86. The molecule has 0 bridgehead atoms. The van der Waals surface area contributed by atoms with Gasteiger partial charge in [-0.05, 0) is 60.2 Å². The van der Waals surface area contributed by atoms with Gasteiger partial charge in [-0.15, -0.1) is 0 Å². The molecule has 0 unspecified atom stereocenters. The highest BCUT2D eigenvalue weighted by atomic mass is 35.5. The summed E-state index contributed by atoms with van der Waals surface area (Å²) in [5.74, 6) is 0.226. The fourth-order valence-electron chi connectivity index (χ4n) is 5.13. The smallest absolute Gasteiger partial charge is 0.266 e. The highest BCUT2D eigenvalue weighted by Crippen LogP contribution is 2.42. The molecule has 0 saturated carbocycles. The summed E-state index contributed by atoms with van der Waals surface area (Å²) in [6.45, 7) is 4.45. The first-order chi connectivity index (χ1) is 21.3. The van der Waals surface area contributed by atoms with Crippen molar-refractivity contribution in [2.75, 3.05) is 23.0 Å². The Morgan fingerprint density at radius 3 is 2.40 bits per heavy atom. The number of allylic oxidation sites excluding steroid dienone is 2. The molecular weight excluding hydrogens is 656 g/mol. The molecule has 4 aromatic rings. The number of rotatable bonds is 12. The van der Waals surface area contributed by atoms with E-state index in [0.29, 0.717) is 48.1 Å². The molecule has 0 aliphatic carbocycles. The van der Waals surface area contributed by atoms with Gasteiger partial charge in [-0.3, -0.25) is 9.11 Å². The summed E-state index contributed by atoms with van der Waals surface area (Å²) in [7, 11) is -8.28. The molecule has 1 aromatic heterocycles. The van der Waals surface area contributed by atoms with Crippen LogP contribution in [0.5, 0.6) is 5.75 Å². The molecule has 5 rings (SSSR count). The van der Waals surface area contributed by atoms with Crippen LogP contribution in [0.2, 0.25) is 5.02 Å². The Morgan fingerprint density at radius 1 is 0.978 bits per heavy atom. The molecule has 2 N–H and O–H groups in total. The normalized spacial score (nSPS) is 14.7. The molecule has 13 heteroatoms. The summed E-state index contributed by atoms with van der Waals surface area (Å²) in [6, 6.07) is 19.5. The third-order valence-electron chi connectivity index (χ3n) is 7.48. The van der Waals surface area contributed by atoms with Gasteiger partial charge in [-0.25, -0.2) is 0 Å². The van der Waals surface area contributed by atoms with Gasteiger partial charge in [0.15, 0.2) is 12.3 Å². The summed E-state index contributed by atoms with van der Waals surface area (Å²) in [6.07, 6.45) is 5.36. The second kappa shape index (κ2) is 13.6. The van der Waals surface area contributed by atoms with Crippen molar-refractivity contribution in [2.24, 2.45) is 0 Å². The van der Waals surface area contributed by atoms with Crippen LogP contribution in [0.25, 0.3) is 27.4 Å². The molecule has 238 valence electrons. The van der Waals surface area contributed by atoms with E-state index in [1.807, 2.05) is 86.7 Å². The Bertz CT molecular complexity index is 2010. The molecule has 45 heavy (non-hydrogen) atoms. The maximum absolute atomic E-state index is 11.7. The predicted molar refractivity (Wildman–Crippen MR) is 180 cm³/mol. The number of aryl methyl sites for hydroxylation is 2. The van der Waals surface area contributed by atoms with Crippen LogP contribution < -0.4 is 14.2 Å². The van der Waals surface area contributed by atoms with E-state index in [0.717, 1.165) is 37.5 Å². The molecule has 0 fully saturated rings. The van der Waals surface area contributed by atoms with Crippen molar-refractivity contribution in [1.29, 1.82) is 0 Å². The van der Waals surface area contributed by atoms with Crippen molar-refractivity contribution < 1.29 is 35.2 Å². The van der Waals surface area contributed by atoms with E-state index in [1.165, 1.54) is 0 Å². The van der Waals surface area contributed by atoms with Crippen molar-refractivity contribution >= 4 is 65.2 Å². The first kappa shape index (κ1) is 33.1. The lowest BCUT2D eigenvalue weighted by molar-refractivity contribution is -0.669. The zero-order chi connectivity index (χ0) is 32.4. The average Bonchev–Trinajstić information content (AvgIpc) is 3.49. The van der Waals surface area contributed by atoms with Crippen LogP contribution in [0.1, 0.15) is 36.8 Å². The molecule has 0 spiro atoms. The Balaban J connectivity index is 1.53. The number of nitrogens with zero attached hydrogens (tertiary/aromatic N) is 2. The van der Waals surface area contributed by atoms with Crippen molar-refractivity contribution in [3.05, 3.63) is 93.8 Å². The first-order valence-corrected chi connectivity index (χ1v) is 18.8. The Hall–Kier alpha value is -3.26. The monoisotopic (exact) mass is 689 g/mol.